The van der Waals surface area contributed by atoms with E-state index in [1.807, 2.05) is 33.2 Å². The quantitative estimate of drug-likeness (QED) is 0.204. The highest BCUT2D eigenvalue weighted by Crippen LogP contribution is 2.27. The number of hydrogen-bond donors (Lipinski definition) is 2. The lowest BCUT2D eigenvalue weighted by atomic mass is 10.1. The highest BCUT2D eigenvalue weighted by molar-refractivity contribution is 6.06. The molecule has 0 aliphatic carbocycles. The van der Waals surface area contributed by atoms with E-state index in [-0.39, 0.29) is 11.8 Å². The summed E-state index contributed by atoms with van der Waals surface area (Å²) in [6, 6.07) is 12.2. The molecule has 7 heteroatoms. The SMILES string of the molecule is CCCCCCCCCCOc1ccc(C(=O)Nc2cc(C(=O)NCCCN(C)C)ccc2OCC)cc1. The third kappa shape index (κ3) is 12.0. The van der Waals surface area contributed by atoms with Crippen LogP contribution in [0.3, 0.4) is 0 Å². The van der Waals surface area contributed by atoms with E-state index in [9.17, 15) is 9.59 Å². The summed E-state index contributed by atoms with van der Waals surface area (Å²) in [5.41, 5.74) is 1.44. The first kappa shape index (κ1) is 31.2. The van der Waals surface area contributed by atoms with Crippen molar-refractivity contribution < 1.29 is 19.1 Å². The zero-order valence-electron chi connectivity index (χ0n) is 23.8. The minimum absolute atomic E-state index is 0.180. The molecule has 0 aliphatic rings. The van der Waals surface area contributed by atoms with E-state index in [4.69, 9.17) is 9.47 Å². The molecule has 38 heavy (non-hydrogen) atoms. The third-order valence-electron chi connectivity index (χ3n) is 6.24. The van der Waals surface area contributed by atoms with Gasteiger partial charge in [0.1, 0.15) is 11.5 Å². The van der Waals surface area contributed by atoms with E-state index in [1.54, 1.807) is 30.3 Å². The molecule has 2 N–H and O–H groups in total. The Morgan fingerprint density at radius 2 is 1.42 bits per heavy atom. The Balaban J connectivity index is 1.87. The van der Waals surface area contributed by atoms with E-state index >= 15 is 0 Å². The van der Waals surface area contributed by atoms with Crippen LogP contribution in [-0.4, -0.2) is 57.1 Å². The van der Waals surface area contributed by atoms with Crippen molar-refractivity contribution in [3.8, 4) is 11.5 Å². The molecule has 2 aromatic carbocycles. The van der Waals surface area contributed by atoms with E-state index in [0.29, 0.717) is 42.3 Å². The largest absolute Gasteiger partial charge is 0.494 e. The molecule has 0 saturated heterocycles. The number of carbonyl (C=O) groups is 2. The minimum atomic E-state index is -0.274. The van der Waals surface area contributed by atoms with Crippen molar-refractivity contribution in [3.63, 3.8) is 0 Å². The molecule has 2 aromatic rings. The highest BCUT2D eigenvalue weighted by atomic mass is 16.5. The van der Waals surface area contributed by atoms with Crippen LogP contribution in [0.2, 0.25) is 0 Å². The van der Waals surface area contributed by atoms with Crippen molar-refractivity contribution >= 4 is 17.5 Å². The van der Waals surface area contributed by atoms with E-state index < -0.39 is 0 Å². The summed E-state index contributed by atoms with van der Waals surface area (Å²) >= 11 is 0. The first-order valence-corrected chi connectivity index (χ1v) is 14.2. The molecule has 0 atom stereocenters. The number of anilines is 1. The monoisotopic (exact) mass is 525 g/mol. The molecule has 0 radical (unpaired) electrons. The highest BCUT2D eigenvalue weighted by Gasteiger charge is 2.14. The fourth-order valence-electron chi connectivity index (χ4n) is 4.07. The zero-order chi connectivity index (χ0) is 27.6. The summed E-state index contributed by atoms with van der Waals surface area (Å²) in [7, 11) is 4.00. The molecular weight excluding hydrogens is 478 g/mol. The molecular formula is C31H47N3O4. The Hall–Kier alpha value is -3.06. The molecule has 210 valence electrons. The molecule has 2 amide bonds. The third-order valence-corrected chi connectivity index (χ3v) is 6.24. The van der Waals surface area contributed by atoms with Gasteiger partial charge in [0.05, 0.1) is 18.9 Å². The van der Waals surface area contributed by atoms with Gasteiger partial charge in [-0.3, -0.25) is 9.59 Å². The number of unbranched alkanes of at least 4 members (excludes halogenated alkanes) is 7. The number of nitrogens with zero attached hydrogens (tertiary/aromatic N) is 1. The number of hydrogen-bond acceptors (Lipinski definition) is 5. The van der Waals surface area contributed by atoms with Gasteiger partial charge < -0.3 is 25.0 Å². The van der Waals surface area contributed by atoms with Crippen LogP contribution in [0.4, 0.5) is 5.69 Å². The number of ether oxygens (including phenoxy) is 2. The van der Waals surface area contributed by atoms with Gasteiger partial charge in [-0.15, -0.1) is 0 Å². The molecule has 0 fully saturated rings. The summed E-state index contributed by atoms with van der Waals surface area (Å²) in [5.74, 6) is 0.826. The van der Waals surface area contributed by atoms with Crippen LogP contribution in [0, 0.1) is 0 Å². The Morgan fingerprint density at radius 1 is 0.763 bits per heavy atom. The summed E-state index contributed by atoms with van der Waals surface area (Å²) in [5, 5.41) is 5.83. The first-order valence-electron chi connectivity index (χ1n) is 14.2. The van der Waals surface area contributed by atoms with Gasteiger partial charge in [0.2, 0.25) is 0 Å². The second-order valence-corrected chi connectivity index (χ2v) is 9.86. The van der Waals surface area contributed by atoms with Gasteiger partial charge in [-0.2, -0.15) is 0 Å². The summed E-state index contributed by atoms with van der Waals surface area (Å²) < 4.78 is 11.5. The summed E-state index contributed by atoms with van der Waals surface area (Å²) in [6.07, 6.45) is 10.9. The number of rotatable bonds is 19. The fourth-order valence-corrected chi connectivity index (χ4v) is 4.07. The lowest BCUT2D eigenvalue weighted by Gasteiger charge is -2.14. The number of carbonyl (C=O) groups excluding carboxylic acids is 2. The number of benzene rings is 2. The van der Waals surface area contributed by atoms with Crippen LogP contribution in [0.5, 0.6) is 11.5 Å². The van der Waals surface area contributed by atoms with Crippen LogP contribution in [0.1, 0.15) is 92.4 Å². The predicted molar refractivity (Wildman–Crippen MR) is 156 cm³/mol. The smallest absolute Gasteiger partial charge is 0.255 e. The maximum atomic E-state index is 13.0. The van der Waals surface area contributed by atoms with Gasteiger partial charge in [0.15, 0.2) is 0 Å². The van der Waals surface area contributed by atoms with Crippen molar-refractivity contribution in [1.29, 1.82) is 0 Å². The van der Waals surface area contributed by atoms with Crippen LogP contribution in [-0.2, 0) is 0 Å². The van der Waals surface area contributed by atoms with Gasteiger partial charge in [0, 0.05) is 17.7 Å². The summed E-state index contributed by atoms with van der Waals surface area (Å²) in [6.45, 7) is 6.73. The Morgan fingerprint density at radius 3 is 2.08 bits per heavy atom. The number of amides is 2. The maximum Gasteiger partial charge on any atom is 0.255 e. The van der Waals surface area contributed by atoms with Crippen molar-refractivity contribution in [2.75, 3.05) is 45.7 Å². The van der Waals surface area contributed by atoms with Crippen LogP contribution in [0.25, 0.3) is 0 Å². The normalized spacial score (nSPS) is 10.9. The zero-order valence-corrected chi connectivity index (χ0v) is 23.8. The lowest BCUT2D eigenvalue weighted by Crippen LogP contribution is -2.27. The molecule has 0 unspecified atom stereocenters. The molecule has 7 nitrogen and oxygen atoms in total. The molecule has 0 bridgehead atoms. The van der Waals surface area contributed by atoms with Crippen molar-refractivity contribution in [2.45, 2.75) is 71.6 Å². The first-order chi connectivity index (χ1) is 18.4. The van der Waals surface area contributed by atoms with E-state index in [2.05, 4.69) is 22.5 Å². The average molecular weight is 526 g/mol. The van der Waals surface area contributed by atoms with Crippen LogP contribution in [0.15, 0.2) is 42.5 Å². The molecule has 0 spiro atoms. The molecule has 0 aliphatic heterocycles. The van der Waals surface area contributed by atoms with Crippen LogP contribution >= 0.6 is 0 Å². The van der Waals surface area contributed by atoms with Gasteiger partial charge in [-0.25, -0.2) is 0 Å². The second-order valence-electron chi connectivity index (χ2n) is 9.86. The summed E-state index contributed by atoms with van der Waals surface area (Å²) in [4.78, 5) is 27.6. The second kappa shape index (κ2) is 18.2. The van der Waals surface area contributed by atoms with Crippen molar-refractivity contribution in [1.82, 2.24) is 10.2 Å². The molecule has 0 aromatic heterocycles. The maximum absolute atomic E-state index is 13.0. The van der Waals surface area contributed by atoms with E-state index in [1.165, 1.54) is 44.9 Å². The Labute approximate surface area is 229 Å². The number of nitrogens with one attached hydrogen (secondary N) is 2. The average Bonchev–Trinajstić information content (AvgIpc) is 2.91. The lowest BCUT2D eigenvalue weighted by molar-refractivity contribution is 0.0950. The van der Waals surface area contributed by atoms with Crippen molar-refractivity contribution in [3.05, 3.63) is 53.6 Å². The fraction of sp³-hybridized carbons (Fsp3) is 0.548. The minimum Gasteiger partial charge on any atom is -0.494 e. The van der Waals surface area contributed by atoms with Gasteiger partial charge in [-0.1, -0.05) is 51.9 Å². The van der Waals surface area contributed by atoms with Gasteiger partial charge >= 0.3 is 0 Å². The Kier molecular flexibility index (Phi) is 15.0. The standard InChI is InChI=1S/C31H47N3O4/c1-5-7-8-9-10-11-12-13-23-38-27-18-15-25(16-19-27)31(36)33-28-24-26(17-20-29(28)37-6-2)30(35)32-21-14-22-34(3)4/h15-20,24H,5-14,21-23H2,1-4H3,(H,32,35)(H,33,36). The Bertz CT molecular complexity index is 960. The predicted octanol–water partition coefficient (Wildman–Crippen LogP) is 6.54. The van der Waals surface area contributed by atoms with Gasteiger partial charge in [0.25, 0.3) is 11.8 Å². The van der Waals surface area contributed by atoms with Crippen LogP contribution < -0.4 is 20.1 Å². The topological polar surface area (TPSA) is 79.9 Å². The van der Waals surface area contributed by atoms with Gasteiger partial charge in [-0.05, 0) is 82.9 Å². The molecule has 2 rings (SSSR count). The van der Waals surface area contributed by atoms with Crippen molar-refractivity contribution in [2.24, 2.45) is 0 Å². The molecule has 0 heterocycles. The van der Waals surface area contributed by atoms with E-state index in [0.717, 1.165) is 25.1 Å². The molecule has 0 saturated carbocycles.